The summed E-state index contributed by atoms with van der Waals surface area (Å²) in [5.41, 5.74) is 8.05. The molecule has 1 aliphatic carbocycles. The highest BCUT2D eigenvalue weighted by atomic mass is 32.1. The third-order valence-corrected chi connectivity index (χ3v) is 14.1. The van der Waals surface area contributed by atoms with E-state index < -0.39 is 58.9 Å². The number of hydrogen-bond donors (Lipinski definition) is 6. The van der Waals surface area contributed by atoms with E-state index in [0.717, 1.165) is 26.6 Å². The van der Waals surface area contributed by atoms with Crippen molar-refractivity contribution in [1.29, 1.82) is 0 Å². The predicted molar refractivity (Wildman–Crippen MR) is 275 cm³/mol. The van der Waals surface area contributed by atoms with Gasteiger partial charge < -0.3 is 36.5 Å². The van der Waals surface area contributed by atoms with Crippen LogP contribution in [0, 0.1) is 26.2 Å². The molecule has 4 heterocycles. The molecule has 2 aliphatic heterocycles. The van der Waals surface area contributed by atoms with E-state index in [1.54, 1.807) is 47.7 Å². The Hall–Kier alpha value is -7.75. The van der Waals surface area contributed by atoms with Crippen molar-refractivity contribution in [2.24, 2.45) is 16.1 Å². The van der Waals surface area contributed by atoms with E-state index in [-0.39, 0.29) is 44.4 Å². The summed E-state index contributed by atoms with van der Waals surface area (Å²) in [6.45, 7) is 12.0. The van der Waals surface area contributed by atoms with Crippen LogP contribution in [-0.2, 0) is 44.8 Å². The number of carbonyl (C=O) groups excluding carboxylic acids is 8. The highest BCUT2D eigenvalue weighted by molar-refractivity contribution is 7.15. The Morgan fingerprint density at radius 2 is 1.50 bits per heavy atom. The molecule has 0 radical (unpaired) electrons. The van der Waals surface area contributed by atoms with Crippen molar-refractivity contribution < 1.29 is 47.8 Å². The van der Waals surface area contributed by atoms with E-state index in [9.17, 15) is 38.4 Å². The van der Waals surface area contributed by atoms with Gasteiger partial charge in [0.25, 0.3) is 11.8 Å². The van der Waals surface area contributed by atoms with Gasteiger partial charge in [-0.05, 0) is 122 Å². The molecule has 2 aromatic heterocycles. The molecule has 2 aromatic carbocycles. The van der Waals surface area contributed by atoms with E-state index in [1.807, 2.05) is 58.2 Å². The van der Waals surface area contributed by atoms with Crippen molar-refractivity contribution >= 4 is 76.1 Å². The second-order valence-electron chi connectivity index (χ2n) is 19.5. The van der Waals surface area contributed by atoms with Gasteiger partial charge in [0.05, 0.1) is 12.1 Å². The summed E-state index contributed by atoms with van der Waals surface area (Å²) in [5, 5.41) is 23.4. The van der Waals surface area contributed by atoms with Crippen LogP contribution in [0.1, 0.15) is 123 Å². The summed E-state index contributed by atoms with van der Waals surface area (Å²) in [4.78, 5) is 109. The Labute approximate surface area is 432 Å². The zero-order valence-corrected chi connectivity index (χ0v) is 43.2. The lowest BCUT2D eigenvalue weighted by Gasteiger charge is -2.39. The van der Waals surface area contributed by atoms with Gasteiger partial charge in [-0.2, -0.15) is 0 Å². The molecule has 2 atom stereocenters. The Bertz CT molecular complexity index is 2840. The summed E-state index contributed by atoms with van der Waals surface area (Å²) in [5.74, 6) is -1.44. The van der Waals surface area contributed by atoms with E-state index in [1.165, 1.54) is 17.1 Å². The van der Waals surface area contributed by atoms with Gasteiger partial charge in [-0.15, -0.1) is 21.5 Å². The number of ether oxygens (including phenoxy) is 2. The zero-order valence-electron chi connectivity index (χ0n) is 42.4. The molecule has 74 heavy (non-hydrogen) atoms. The van der Waals surface area contributed by atoms with Crippen molar-refractivity contribution in [3.63, 3.8) is 0 Å². The molecule has 0 unspecified atom stereocenters. The second kappa shape index (κ2) is 23.4. The van der Waals surface area contributed by atoms with E-state index >= 15 is 0 Å². The molecule has 0 bridgehead atoms. The van der Waals surface area contributed by atoms with Crippen molar-refractivity contribution in [1.82, 2.24) is 35.6 Å². The Balaban J connectivity index is 0.929. The molecule has 1 fully saturated rings. The fourth-order valence-electron chi connectivity index (χ4n) is 8.76. The summed E-state index contributed by atoms with van der Waals surface area (Å²) in [6.07, 6.45) is 5.19. The average Bonchev–Trinajstić information content (AvgIpc) is 3.94. The number of imide groups is 1. The van der Waals surface area contributed by atoms with Crippen LogP contribution in [0.5, 0.6) is 0 Å². The van der Waals surface area contributed by atoms with Crippen LogP contribution < -0.4 is 32.3 Å². The lowest BCUT2D eigenvalue weighted by atomic mass is 9.67. The number of unbranched alkanes of at least 4 members (excludes halogenated alkanes) is 2. The Morgan fingerprint density at radius 3 is 2.15 bits per heavy atom. The van der Waals surface area contributed by atoms with Crippen LogP contribution in [0.15, 0.2) is 65.7 Å². The Morgan fingerprint density at radius 1 is 0.838 bits per heavy atom. The first-order valence-corrected chi connectivity index (χ1v) is 25.5. The lowest BCUT2D eigenvalue weighted by molar-refractivity contribution is -0.155. The number of fused-ring (bicyclic) bond motifs is 3. The molecule has 4 aromatic rings. The summed E-state index contributed by atoms with van der Waals surface area (Å²) >= 11 is 1.60. The zero-order chi connectivity index (χ0) is 53.3. The quantitative estimate of drug-likeness (QED) is 0.0247. The number of anilines is 2. The maximum Gasteiger partial charge on any atom is 0.411 e. The van der Waals surface area contributed by atoms with Crippen LogP contribution >= 0.6 is 11.3 Å². The fraction of sp³-hybridized carbons (Fsp3) is 0.442. The normalized spacial score (nSPS) is 15.9. The van der Waals surface area contributed by atoms with E-state index in [2.05, 4.69) is 36.8 Å². The summed E-state index contributed by atoms with van der Waals surface area (Å²) in [6, 6.07) is 11.3. The number of hydrogen-bond acceptors (Lipinski definition) is 14. The van der Waals surface area contributed by atoms with Crippen molar-refractivity contribution in [3.8, 4) is 5.00 Å². The molecule has 0 saturated heterocycles. The van der Waals surface area contributed by atoms with Crippen LogP contribution in [-0.4, -0.2) is 104 Å². The molecule has 7 N–H and O–H groups in total. The van der Waals surface area contributed by atoms with Crippen LogP contribution in [0.25, 0.3) is 5.00 Å². The van der Waals surface area contributed by atoms with Crippen molar-refractivity contribution in [3.05, 3.63) is 99.5 Å². The lowest BCUT2D eigenvalue weighted by Crippen LogP contribution is -2.58. The standard InChI is InChI=1S/C52H63N11O10S/c1-30-31(2)74-46-42(30)43(58-38(28-41(66)73-51(4,5)6)44-61-60-32(3)63(44)46)34-15-19-36(20-16-34)57-50(71)72-29-33-13-17-35(18-14-33)56-45(67)37(12-10-26-55-49(53)70)59-48(69)52(23-11-24-52)47(68)54-25-8-7-9-27-62-39(64)21-22-40(62)65/h13-22,37-38H,7-12,23-29H2,1-6H3,(H,54,68)(H,56,67)(H,57,71)(H,59,69)(H3,53,55,70)/t37-,38-/m0/s1. The smallest absolute Gasteiger partial charge is 0.411 e. The number of nitrogens with two attached hydrogens (primary N) is 1. The van der Waals surface area contributed by atoms with Crippen molar-refractivity contribution in [2.75, 3.05) is 30.3 Å². The SMILES string of the molecule is Cc1sc2c(c1C)C(c1ccc(NC(=O)OCc3ccc(NC(=O)[C@H](CCCNC(N)=O)NC(=O)C4(C(=O)NCCCCCN5C(=O)C=CC5=O)CCC4)cc3)cc1)=N[C@@H](CC(=O)OC(C)(C)C)c1nnc(C)n1-2. The molecule has 0 spiro atoms. The number of aromatic nitrogens is 3. The predicted octanol–water partition coefficient (Wildman–Crippen LogP) is 5.88. The molecule has 7 rings (SSSR count). The first-order chi connectivity index (χ1) is 35.2. The number of nitrogens with zero attached hydrogens (tertiary/aromatic N) is 5. The van der Waals surface area contributed by atoms with Crippen LogP contribution in [0.2, 0.25) is 0 Å². The highest BCUT2D eigenvalue weighted by Crippen LogP contribution is 2.42. The first kappa shape index (κ1) is 54.0. The third-order valence-electron chi connectivity index (χ3n) is 12.9. The second-order valence-corrected chi connectivity index (χ2v) is 20.7. The monoisotopic (exact) mass is 1030 g/mol. The molecular formula is C52H63N11O10S. The minimum Gasteiger partial charge on any atom is -0.460 e. The maximum absolute atomic E-state index is 13.8. The number of thiophene rings is 1. The number of amides is 8. The first-order valence-electron chi connectivity index (χ1n) is 24.7. The van der Waals surface area contributed by atoms with Gasteiger partial charge in [-0.1, -0.05) is 30.7 Å². The van der Waals surface area contributed by atoms with Crippen LogP contribution in [0.4, 0.5) is 21.0 Å². The molecular weight excluding hydrogens is 971 g/mol. The third kappa shape index (κ3) is 13.1. The minimum absolute atomic E-state index is 0.0438. The molecule has 1 saturated carbocycles. The number of rotatable bonds is 21. The maximum atomic E-state index is 13.8. The van der Waals surface area contributed by atoms with Gasteiger partial charge in [-0.3, -0.25) is 48.5 Å². The Kier molecular flexibility index (Phi) is 17.1. The summed E-state index contributed by atoms with van der Waals surface area (Å²) < 4.78 is 13.2. The number of aliphatic imine (C=N–C) groups is 1. The topological polar surface area (TPSA) is 288 Å². The number of benzene rings is 2. The van der Waals surface area contributed by atoms with Gasteiger partial charge in [0.15, 0.2) is 5.82 Å². The number of esters is 1. The fourth-order valence-corrected chi connectivity index (χ4v) is 9.97. The number of nitrogens with one attached hydrogen (secondary N) is 5. The van der Waals surface area contributed by atoms with E-state index in [0.29, 0.717) is 85.8 Å². The number of primary amides is 1. The van der Waals surface area contributed by atoms with Gasteiger partial charge in [0.1, 0.15) is 40.5 Å². The minimum atomic E-state index is -1.35. The number of aryl methyl sites for hydroxylation is 2. The van der Waals surface area contributed by atoms with Gasteiger partial charge in [-0.25, -0.2) is 9.59 Å². The largest absolute Gasteiger partial charge is 0.460 e. The van der Waals surface area contributed by atoms with Crippen molar-refractivity contribution in [2.45, 2.75) is 124 Å². The average molecular weight is 1030 g/mol. The van der Waals surface area contributed by atoms with Gasteiger partial charge in [0, 0.05) is 59.2 Å². The number of urea groups is 1. The van der Waals surface area contributed by atoms with Crippen LogP contribution in [0.3, 0.4) is 0 Å². The molecule has 22 heteroatoms. The van der Waals surface area contributed by atoms with E-state index in [4.69, 9.17) is 20.2 Å². The number of carbonyl (C=O) groups is 8. The molecule has 21 nitrogen and oxygen atoms in total. The molecule has 392 valence electrons. The molecule has 3 aliphatic rings. The summed E-state index contributed by atoms with van der Waals surface area (Å²) in [7, 11) is 0. The van der Waals surface area contributed by atoms with Gasteiger partial charge >= 0.3 is 18.1 Å². The highest BCUT2D eigenvalue weighted by Gasteiger charge is 2.51. The van der Waals surface area contributed by atoms with Gasteiger partial charge in [0.2, 0.25) is 17.7 Å². The molecule has 8 amide bonds.